The van der Waals surface area contributed by atoms with E-state index in [-0.39, 0.29) is 5.82 Å². The molecule has 2 heterocycles. The van der Waals surface area contributed by atoms with Crippen LogP contribution in [-0.4, -0.2) is 24.4 Å². The van der Waals surface area contributed by atoms with Crippen molar-refractivity contribution in [2.24, 2.45) is 0 Å². The molecule has 0 aliphatic heterocycles. The molecule has 0 aromatic carbocycles. The van der Waals surface area contributed by atoms with Crippen molar-refractivity contribution in [1.29, 1.82) is 0 Å². The number of nitrogens with zero attached hydrogens (tertiary/aromatic N) is 5. The highest BCUT2D eigenvalue weighted by atomic mass is 16.6. The summed E-state index contributed by atoms with van der Waals surface area (Å²) in [6, 6.07) is 0. The number of hydrogen-bond acceptors (Lipinski definition) is 6. The van der Waals surface area contributed by atoms with Crippen molar-refractivity contribution in [3.8, 4) is 0 Å². The van der Waals surface area contributed by atoms with Gasteiger partial charge in [-0.25, -0.2) is 4.98 Å². The minimum absolute atomic E-state index is 0.0268. The Balaban J connectivity index is 2.77. The molecule has 2 rings (SSSR count). The molecule has 0 aliphatic rings. The maximum absolute atomic E-state index is 10.5. The van der Waals surface area contributed by atoms with Crippen LogP contribution >= 0.6 is 0 Å². The number of anilines is 1. The van der Waals surface area contributed by atoms with E-state index in [1.807, 2.05) is 6.92 Å². The fourth-order valence-corrected chi connectivity index (χ4v) is 1.27. The average Bonchev–Trinajstić information content (AvgIpc) is 2.60. The van der Waals surface area contributed by atoms with Gasteiger partial charge in [-0.3, -0.25) is 0 Å². The summed E-state index contributed by atoms with van der Waals surface area (Å²) in [5.74, 6) is -0.478. The first-order valence-electron chi connectivity index (χ1n) is 4.26. The summed E-state index contributed by atoms with van der Waals surface area (Å²) < 4.78 is 1.67. The Kier molecular flexibility index (Phi) is 1.96. The summed E-state index contributed by atoms with van der Waals surface area (Å²) in [5.41, 5.74) is 6.31. The van der Waals surface area contributed by atoms with Gasteiger partial charge in [-0.1, -0.05) is 0 Å². The van der Waals surface area contributed by atoms with E-state index in [1.165, 1.54) is 6.33 Å². The Morgan fingerprint density at radius 1 is 1.60 bits per heavy atom. The zero-order valence-electron chi connectivity index (χ0n) is 7.91. The van der Waals surface area contributed by atoms with Crippen molar-refractivity contribution in [2.75, 3.05) is 5.73 Å². The first kappa shape index (κ1) is 9.31. The molecule has 0 fully saturated rings. The van der Waals surface area contributed by atoms with Gasteiger partial charge in [0, 0.05) is 6.54 Å². The van der Waals surface area contributed by atoms with E-state index in [9.17, 15) is 10.1 Å². The van der Waals surface area contributed by atoms with E-state index in [0.29, 0.717) is 17.7 Å². The predicted molar refractivity (Wildman–Crippen MR) is 52.1 cm³/mol. The van der Waals surface area contributed by atoms with Crippen molar-refractivity contribution in [1.82, 2.24) is 19.5 Å². The highest BCUT2D eigenvalue weighted by Gasteiger charge is 2.19. The van der Waals surface area contributed by atoms with E-state index in [4.69, 9.17) is 5.73 Å². The molecule has 8 heteroatoms. The topological polar surface area (TPSA) is 113 Å². The second-order valence-electron chi connectivity index (χ2n) is 2.87. The number of rotatable bonds is 2. The fraction of sp³-hybridized carbons (Fsp3) is 0.286. The van der Waals surface area contributed by atoms with Gasteiger partial charge < -0.3 is 20.4 Å². The van der Waals surface area contributed by atoms with Gasteiger partial charge in [0.25, 0.3) is 0 Å². The summed E-state index contributed by atoms with van der Waals surface area (Å²) in [6.07, 6.45) is 1.53. The smallest absolute Gasteiger partial charge is 0.390 e. The lowest BCUT2D eigenvalue weighted by atomic mass is 10.5. The van der Waals surface area contributed by atoms with Crippen LogP contribution in [0.15, 0.2) is 6.33 Å². The van der Waals surface area contributed by atoms with Gasteiger partial charge in [-0.2, -0.15) is 0 Å². The molecular formula is C7H8N6O2. The zero-order chi connectivity index (χ0) is 11.0. The number of aryl methyl sites for hydroxylation is 1. The largest absolute Gasteiger partial charge is 0.473 e. The number of imidazole rings is 1. The maximum atomic E-state index is 10.5. The lowest BCUT2D eigenvalue weighted by Gasteiger charge is -1.96. The van der Waals surface area contributed by atoms with Crippen molar-refractivity contribution in [2.45, 2.75) is 13.5 Å². The minimum Gasteiger partial charge on any atom is -0.390 e. The zero-order valence-corrected chi connectivity index (χ0v) is 7.91. The average molecular weight is 208 g/mol. The summed E-state index contributed by atoms with van der Waals surface area (Å²) in [6.45, 7) is 2.50. The van der Waals surface area contributed by atoms with E-state index in [1.54, 1.807) is 4.57 Å². The lowest BCUT2D eigenvalue weighted by molar-refractivity contribution is -0.394. The number of hydrogen-bond donors (Lipinski definition) is 1. The molecule has 0 unspecified atom stereocenters. The van der Waals surface area contributed by atoms with Crippen LogP contribution in [0.4, 0.5) is 11.8 Å². The van der Waals surface area contributed by atoms with Crippen LogP contribution in [-0.2, 0) is 6.54 Å². The van der Waals surface area contributed by atoms with E-state index in [0.717, 1.165) is 0 Å². The third-order valence-corrected chi connectivity index (χ3v) is 1.98. The lowest BCUT2D eigenvalue weighted by Crippen LogP contribution is -2.03. The van der Waals surface area contributed by atoms with Crippen molar-refractivity contribution >= 4 is 22.9 Å². The van der Waals surface area contributed by atoms with Gasteiger partial charge in [0.05, 0.1) is 6.33 Å². The molecule has 0 aliphatic carbocycles. The van der Waals surface area contributed by atoms with E-state index < -0.39 is 10.9 Å². The molecule has 2 N–H and O–H groups in total. The van der Waals surface area contributed by atoms with Crippen molar-refractivity contribution < 1.29 is 4.92 Å². The van der Waals surface area contributed by atoms with Gasteiger partial charge in [0.1, 0.15) is 0 Å². The number of nitro groups is 1. The van der Waals surface area contributed by atoms with Crippen LogP contribution in [0.25, 0.3) is 11.2 Å². The third-order valence-electron chi connectivity index (χ3n) is 1.98. The van der Waals surface area contributed by atoms with Crippen molar-refractivity contribution in [3.05, 3.63) is 16.4 Å². The summed E-state index contributed by atoms with van der Waals surface area (Å²) in [7, 11) is 0. The van der Waals surface area contributed by atoms with Gasteiger partial charge in [-0.05, 0) is 21.8 Å². The Bertz CT molecular complexity index is 534. The standard InChI is InChI=1S/C7H8N6O2/c1-2-12-3-9-4-5(8)10-7(13(14)15)11-6(4)12/h3H,2H2,1H3,(H2,8,10,11). The Labute approximate surface area is 83.9 Å². The maximum Gasteiger partial charge on any atom is 0.473 e. The Morgan fingerprint density at radius 3 is 2.93 bits per heavy atom. The number of nitrogens with two attached hydrogens (primary N) is 1. The summed E-state index contributed by atoms with van der Waals surface area (Å²) >= 11 is 0. The predicted octanol–water partition coefficient (Wildman–Crippen LogP) is 0.337. The molecule has 0 radical (unpaired) electrons. The SMILES string of the molecule is CCn1cnc2c(N)nc([N+](=O)[O-])nc21. The first-order chi connectivity index (χ1) is 7.13. The van der Waals surface area contributed by atoms with Gasteiger partial charge >= 0.3 is 5.95 Å². The molecule has 0 bridgehead atoms. The molecule has 15 heavy (non-hydrogen) atoms. The van der Waals surface area contributed by atoms with Crippen LogP contribution in [0.5, 0.6) is 0 Å². The van der Waals surface area contributed by atoms with Crippen LogP contribution in [0, 0.1) is 10.1 Å². The van der Waals surface area contributed by atoms with Gasteiger partial charge in [0.2, 0.25) is 11.5 Å². The number of fused-ring (bicyclic) bond motifs is 1. The quantitative estimate of drug-likeness (QED) is 0.562. The molecule has 2 aromatic heterocycles. The fourth-order valence-electron chi connectivity index (χ4n) is 1.27. The molecule has 78 valence electrons. The molecule has 8 nitrogen and oxygen atoms in total. The second-order valence-corrected chi connectivity index (χ2v) is 2.87. The molecule has 0 amide bonds. The monoisotopic (exact) mass is 208 g/mol. The summed E-state index contributed by atoms with van der Waals surface area (Å²) in [4.78, 5) is 21.1. The van der Waals surface area contributed by atoms with Crippen molar-refractivity contribution in [3.63, 3.8) is 0 Å². The highest BCUT2D eigenvalue weighted by molar-refractivity contribution is 5.82. The third kappa shape index (κ3) is 1.35. The molecule has 0 spiro atoms. The second kappa shape index (κ2) is 3.15. The first-order valence-corrected chi connectivity index (χ1v) is 4.26. The molecule has 0 saturated carbocycles. The van der Waals surface area contributed by atoms with E-state index >= 15 is 0 Å². The number of aromatic nitrogens is 4. The minimum atomic E-state index is -0.678. The number of nitrogen functional groups attached to an aromatic ring is 1. The van der Waals surface area contributed by atoms with Gasteiger partial charge in [0.15, 0.2) is 5.52 Å². The van der Waals surface area contributed by atoms with E-state index in [2.05, 4.69) is 15.0 Å². The highest BCUT2D eigenvalue weighted by Crippen LogP contribution is 2.18. The molecule has 0 atom stereocenters. The van der Waals surface area contributed by atoms with Gasteiger partial charge in [-0.15, -0.1) is 0 Å². The molecule has 2 aromatic rings. The molecular weight excluding hydrogens is 200 g/mol. The Morgan fingerprint density at radius 2 is 2.33 bits per heavy atom. The van der Waals surface area contributed by atoms with Crippen LogP contribution in [0.2, 0.25) is 0 Å². The van der Waals surface area contributed by atoms with Crippen LogP contribution in [0.3, 0.4) is 0 Å². The normalized spacial score (nSPS) is 10.7. The van der Waals surface area contributed by atoms with Crippen LogP contribution in [0.1, 0.15) is 6.92 Å². The molecule has 0 saturated heterocycles. The van der Waals surface area contributed by atoms with Crippen LogP contribution < -0.4 is 5.73 Å². The Hall–Kier alpha value is -2.25. The summed E-state index contributed by atoms with van der Waals surface area (Å²) in [5, 5.41) is 10.5.